The molecule has 2 aromatic carbocycles. The summed E-state index contributed by atoms with van der Waals surface area (Å²) in [5.41, 5.74) is 2.08. The van der Waals surface area contributed by atoms with Crippen molar-refractivity contribution in [2.24, 2.45) is 0 Å². The normalized spacial score (nSPS) is 10.2. The molecule has 0 aliphatic heterocycles. The molecule has 6 nitrogen and oxygen atoms in total. The molecule has 1 N–H and O–H groups in total. The van der Waals surface area contributed by atoms with Crippen molar-refractivity contribution in [1.82, 2.24) is 4.90 Å². The first kappa shape index (κ1) is 20.2. The Morgan fingerprint density at radius 1 is 1.04 bits per heavy atom. The third-order valence-electron chi connectivity index (χ3n) is 4.14. The maximum atomic E-state index is 12.3. The third-order valence-corrected chi connectivity index (χ3v) is 4.14. The van der Waals surface area contributed by atoms with E-state index >= 15 is 0 Å². The molecule has 2 amide bonds. The van der Waals surface area contributed by atoms with Gasteiger partial charge in [-0.2, -0.15) is 0 Å². The molecular formula is C21H24N2O4. The molecule has 27 heavy (non-hydrogen) atoms. The van der Waals surface area contributed by atoms with Crippen LogP contribution in [0, 0.1) is 0 Å². The van der Waals surface area contributed by atoms with Crippen LogP contribution < -0.4 is 10.1 Å². The summed E-state index contributed by atoms with van der Waals surface area (Å²) >= 11 is 0. The van der Waals surface area contributed by atoms with Crippen molar-refractivity contribution in [2.75, 3.05) is 25.5 Å². The van der Waals surface area contributed by atoms with E-state index in [0.717, 1.165) is 11.3 Å². The summed E-state index contributed by atoms with van der Waals surface area (Å²) in [5, 5.41) is 2.73. The molecule has 0 atom stereocenters. The fourth-order valence-corrected chi connectivity index (χ4v) is 2.63. The zero-order chi connectivity index (χ0) is 19.8. The molecule has 0 aromatic heterocycles. The Hall–Kier alpha value is -3.15. The molecule has 2 rings (SSSR count). The van der Waals surface area contributed by atoms with Crippen molar-refractivity contribution < 1.29 is 19.1 Å². The lowest BCUT2D eigenvalue weighted by Gasteiger charge is -2.20. The Balaban J connectivity index is 1.96. The van der Waals surface area contributed by atoms with Gasteiger partial charge >= 0.3 is 0 Å². The van der Waals surface area contributed by atoms with Gasteiger partial charge in [-0.25, -0.2) is 0 Å². The first-order chi connectivity index (χ1) is 12.9. The predicted molar refractivity (Wildman–Crippen MR) is 104 cm³/mol. The number of anilines is 1. The van der Waals surface area contributed by atoms with Gasteiger partial charge in [0.1, 0.15) is 5.75 Å². The molecule has 0 unspecified atom stereocenters. The number of nitrogens with zero attached hydrogens (tertiary/aromatic N) is 1. The Bertz CT molecular complexity index is 832. The van der Waals surface area contributed by atoms with E-state index < -0.39 is 0 Å². The van der Waals surface area contributed by atoms with E-state index in [2.05, 4.69) is 5.32 Å². The molecule has 0 spiro atoms. The highest BCUT2D eigenvalue weighted by Gasteiger charge is 2.14. The number of benzene rings is 2. The average Bonchev–Trinajstić information content (AvgIpc) is 2.65. The van der Waals surface area contributed by atoms with Crippen LogP contribution in [0.25, 0.3) is 0 Å². The number of hydrogen-bond acceptors (Lipinski definition) is 4. The number of nitrogens with one attached hydrogen (secondary N) is 1. The van der Waals surface area contributed by atoms with E-state index in [-0.39, 0.29) is 24.1 Å². The maximum absolute atomic E-state index is 12.3. The van der Waals surface area contributed by atoms with Gasteiger partial charge in [0.2, 0.25) is 11.8 Å². The zero-order valence-electron chi connectivity index (χ0n) is 15.8. The van der Waals surface area contributed by atoms with Crippen LogP contribution in [0.5, 0.6) is 5.75 Å². The Morgan fingerprint density at radius 3 is 2.44 bits per heavy atom. The van der Waals surface area contributed by atoms with E-state index in [4.69, 9.17) is 4.74 Å². The molecule has 2 aromatic rings. The standard InChI is InChI=1S/C21H24N2O4/c1-15(24)18-7-5-8-19(13-18)22-21(26)14-23(16(2)25)11-10-17-6-4-9-20(12-17)27-3/h4-9,12-13H,10-11,14H2,1-3H3,(H,22,26). The highest BCUT2D eigenvalue weighted by atomic mass is 16.5. The molecule has 0 bridgehead atoms. The molecule has 0 saturated heterocycles. The van der Waals surface area contributed by atoms with Gasteiger partial charge in [0, 0.05) is 24.7 Å². The molecule has 0 heterocycles. The summed E-state index contributed by atoms with van der Waals surface area (Å²) < 4.78 is 5.20. The van der Waals surface area contributed by atoms with Crippen molar-refractivity contribution in [3.8, 4) is 5.75 Å². The summed E-state index contributed by atoms with van der Waals surface area (Å²) in [5.74, 6) is 0.196. The first-order valence-corrected chi connectivity index (χ1v) is 8.68. The number of ketones is 1. The van der Waals surface area contributed by atoms with Gasteiger partial charge in [-0.05, 0) is 43.2 Å². The van der Waals surface area contributed by atoms with Crippen molar-refractivity contribution in [2.45, 2.75) is 20.3 Å². The summed E-state index contributed by atoms with van der Waals surface area (Å²) in [6.45, 7) is 3.28. The Kier molecular flexibility index (Phi) is 7.11. The smallest absolute Gasteiger partial charge is 0.243 e. The predicted octanol–water partition coefficient (Wildman–Crippen LogP) is 2.93. The quantitative estimate of drug-likeness (QED) is 0.727. The van der Waals surface area contributed by atoms with Crippen molar-refractivity contribution in [1.29, 1.82) is 0 Å². The van der Waals surface area contributed by atoms with Crippen LogP contribution >= 0.6 is 0 Å². The number of carbonyl (C=O) groups is 3. The lowest BCUT2D eigenvalue weighted by molar-refractivity contribution is -0.132. The number of methoxy groups -OCH3 is 1. The Morgan fingerprint density at radius 2 is 1.78 bits per heavy atom. The summed E-state index contributed by atoms with van der Waals surface area (Å²) in [6, 6.07) is 14.3. The second-order valence-corrected chi connectivity index (χ2v) is 6.23. The Labute approximate surface area is 159 Å². The number of ether oxygens (including phenoxy) is 1. The van der Waals surface area contributed by atoms with Crippen LogP contribution in [0.2, 0.25) is 0 Å². The number of Topliss-reactive ketones (excluding diaryl/α,β-unsaturated/α-hetero) is 1. The van der Waals surface area contributed by atoms with Gasteiger partial charge in [0.05, 0.1) is 13.7 Å². The highest BCUT2D eigenvalue weighted by molar-refractivity contribution is 5.98. The van der Waals surface area contributed by atoms with E-state index in [1.165, 1.54) is 18.7 Å². The van der Waals surface area contributed by atoms with Crippen molar-refractivity contribution in [3.63, 3.8) is 0 Å². The van der Waals surface area contributed by atoms with E-state index in [9.17, 15) is 14.4 Å². The second kappa shape index (κ2) is 9.52. The first-order valence-electron chi connectivity index (χ1n) is 8.68. The number of amides is 2. The lowest BCUT2D eigenvalue weighted by Crippen LogP contribution is -2.38. The third kappa shape index (κ3) is 6.26. The minimum Gasteiger partial charge on any atom is -0.497 e. The maximum Gasteiger partial charge on any atom is 0.243 e. The molecule has 0 saturated carbocycles. The van der Waals surface area contributed by atoms with E-state index in [0.29, 0.717) is 24.2 Å². The fourth-order valence-electron chi connectivity index (χ4n) is 2.63. The van der Waals surface area contributed by atoms with Crippen LogP contribution in [0.1, 0.15) is 29.8 Å². The minimum absolute atomic E-state index is 0.0520. The zero-order valence-corrected chi connectivity index (χ0v) is 15.8. The van der Waals surface area contributed by atoms with Crippen LogP contribution in [0.4, 0.5) is 5.69 Å². The van der Waals surface area contributed by atoms with Gasteiger partial charge < -0.3 is 15.0 Å². The van der Waals surface area contributed by atoms with Crippen molar-refractivity contribution in [3.05, 3.63) is 59.7 Å². The van der Waals surface area contributed by atoms with Gasteiger partial charge in [-0.1, -0.05) is 24.3 Å². The molecule has 0 fully saturated rings. The number of hydrogen-bond donors (Lipinski definition) is 1. The minimum atomic E-state index is -0.309. The van der Waals surface area contributed by atoms with E-state index in [1.54, 1.807) is 31.4 Å². The van der Waals surface area contributed by atoms with Gasteiger partial charge in [0.15, 0.2) is 5.78 Å². The molecule has 0 radical (unpaired) electrons. The van der Waals surface area contributed by atoms with Crippen LogP contribution in [-0.4, -0.2) is 42.7 Å². The summed E-state index contributed by atoms with van der Waals surface area (Å²) in [6.07, 6.45) is 0.615. The fraction of sp³-hybridized carbons (Fsp3) is 0.286. The largest absolute Gasteiger partial charge is 0.497 e. The van der Waals surface area contributed by atoms with Crippen LogP contribution in [0.3, 0.4) is 0 Å². The van der Waals surface area contributed by atoms with Crippen LogP contribution in [-0.2, 0) is 16.0 Å². The van der Waals surface area contributed by atoms with E-state index in [1.807, 2.05) is 24.3 Å². The molecular weight excluding hydrogens is 344 g/mol. The highest BCUT2D eigenvalue weighted by Crippen LogP contribution is 2.14. The average molecular weight is 368 g/mol. The van der Waals surface area contributed by atoms with Crippen LogP contribution in [0.15, 0.2) is 48.5 Å². The number of rotatable bonds is 8. The lowest BCUT2D eigenvalue weighted by atomic mass is 10.1. The molecule has 0 aliphatic carbocycles. The summed E-state index contributed by atoms with van der Waals surface area (Å²) in [7, 11) is 1.60. The molecule has 0 aliphatic rings. The number of carbonyl (C=O) groups excluding carboxylic acids is 3. The molecule has 6 heteroatoms. The van der Waals surface area contributed by atoms with Gasteiger partial charge in [-0.3, -0.25) is 14.4 Å². The summed E-state index contributed by atoms with van der Waals surface area (Å²) in [4.78, 5) is 37.1. The van der Waals surface area contributed by atoms with Gasteiger partial charge in [0.25, 0.3) is 0 Å². The molecule has 142 valence electrons. The SMILES string of the molecule is COc1cccc(CCN(CC(=O)Nc2cccc(C(C)=O)c2)C(C)=O)c1. The van der Waals surface area contributed by atoms with Gasteiger partial charge in [-0.15, -0.1) is 0 Å². The monoisotopic (exact) mass is 368 g/mol. The topological polar surface area (TPSA) is 75.7 Å². The van der Waals surface area contributed by atoms with Crippen molar-refractivity contribution >= 4 is 23.3 Å². The second-order valence-electron chi connectivity index (χ2n) is 6.23.